The van der Waals surface area contributed by atoms with E-state index in [0.717, 1.165) is 21.6 Å². The van der Waals surface area contributed by atoms with Gasteiger partial charge in [0.2, 0.25) is 0 Å². The van der Waals surface area contributed by atoms with Crippen LogP contribution in [0.4, 0.5) is 0 Å². The lowest BCUT2D eigenvalue weighted by Gasteiger charge is -2.05. The van der Waals surface area contributed by atoms with Crippen molar-refractivity contribution in [2.75, 3.05) is 0 Å². The molecule has 7 nitrogen and oxygen atoms in total. The minimum absolute atomic E-state index is 0.656. The maximum Gasteiger partial charge on any atom is 0.200 e. The predicted octanol–water partition coefficient (Wildman–Crippen LogP) is 4.40. The van der Waals surface area contributed by atoms with E-state index in [-0.39, 0.29) is 0 Å². The highest BCUT2D eigenvalue weighted by molar-refractivity contribution is 7.99. The Morgan fingerprint density at radius 3 is 2.85 bits per heavy atom. The molecule has 0 aliphatic carbocycles. The third-order valence-corrected chi connectivity index (χ3v) is 5.06. The van der Waals surface area contributed by atoms with Gasteiger partial charge in [-0.2, -0.15) is 0 Å². The molecule has 0 N–H and O–H groups in total. The summed E-state index contributed by atoms with van der Waals surface area (Å²) in [5.41, 5.74) is 2.24. The van der Waals surface area contributed by atoms with Crippen LogP contribution in [0.15, 0.2) is 68.0 Å². The first-order valence-electron chi connectivity index (χ1n) is 8.12. The molecule has 0 amide bonds. The Kier molecular flexibility index (Phi) is 3.49. The standard InChI is InChI=1S/C18H13N5O2S/c1-2-23-16(13-8-5-9-24-13)21-22-18(23)26-17-15-14(19-10-20-17)11-6-3-4-7-12(11)25-15/h3-10H,2H2,1H3. The van der Waals surface area contributed by atoms with Crippen molar-refractivity contribution >= 4 is 33.8 Å². The Morgan fingerprint density at radius 1 is 1.08 bits per heavy atom. The largest absolute Gasteiger partial charge is 0.461 e. The highest BCUT2D eigenvalue weighted by Crippen LogP contribution is 2.36. The summed E-state index contributed by atoms with van der Waals surface area (Å²) >= 11 is 1.40. The highest BCUT2D eigenvalue weighted by atomic mass is 32.2. The average Bonchev–Trinajstić information content (AvgIpc) is 3.40. The summed E-state index contributed by atoms with van der Waals surface area (Å²) < 4.78 is 13.4. The zero-order valence-electron chi connectivity index (χ0n) is 13.8. The lowest BCUT2D eigenvalue weighted by atomic mass is 10.2. The zero-order valence-corrected chi connectivity index (χ0v) is 14.6. The first-order valence-corrected chi connectivity index (χ1v) is 8.94. The Balaban J connectivity index is 1.62. The maximum absolute atomic E-state index is 5.99. The van der Waals surface area contributed by atoms with Crippen molar-refractivity contribution in [1.82, 2.24) is 24.7 Å². The van der Waals surface area contributed by atoms with E-state index in [2.05, 4.69) is 20.2 Å². The third kappa shape index (κ3) is 2.30. The van der Waals surface area contributed by atoms with Crippen LogP contribution in [0.1, 0.15) is 6.92 Å². The molecule has 0 radical (unpaired) electrons. The van der Waals surface area contributed by atoms with Crippen molar-refractivity contribution in [1.29, 1.82) is 0 Å². The summed E-state index contributed by atoms with van der Waals surface area (Å²) in [4.78, 5) is 8.78. The lowest BCUT2D eigenvalue weighted by molar-refractivity contribution is 0.567. The molecule has 0 spiro atoms. The van der Waals surface area contributed by atoms with Crippen molar-refractivity contribution in [3.8, 4) is 11.6 Å². The number of para-hydroxylation sites is 1. The van der Waals surface area contributed by atoms with E-state index in [1.165, 1.54) is 11.8 Å². The summed E-state index contributed by atoms with van der Waals surface area (Å²) in [7, 11) is 0. The first-order chi connectivity index (χ1) is 12.8. The van der Waals surface area contributed by atoms with Crippen LogP contribution in [0, 0.1) is 0 Å². The van der Waals surface area contributed by atoms with E-state index in [1.54, 1.807) is 12.6 Å². The Bertz CT molecular complexity index is 1210. The van der Waals surface area contributed by atoms with Gasteiger partial charge in [0.25, 0.3) is 0 Å². The van der Waals surface area contributed by atoms with Crippen molar-refractivity contribution in [3.63, 3.8) is 0 Å². The zero-order chi connectivity index (χ0) is 17.5. The number of rotatable bonds is 4. The molecule has 1 aromatic carbocycles. The summed E-state index contributed by atoms with van der Waals surface area (Å²) in [6, 6.07) is 11.5. The summed E-state index contributed by atoms with van der Waals surface area (Å²) in [5, 5.41) is 11.0. The molecule has 0 saturated carbocycles. The van der Waals surface area contributed by atoms with Crippen LogP contribution in [-0.4, -0.2) is 24.7 Å². The van der Waals surface area contributed by atoms with Gasteiger partial charge in [-0.05, 0) is 43.0 Å². The molecular weight excluding hydrogens is 350 g/mol. The number of nitrogens with zero attached hydrogens (tertiary/aromatic N) is 5. The number of fused-ring (bicyclic) bond motifs is 3. The molecule has 0 fully saturated rings. The van der Waals surface area contributed by atoms with Crippen molar-refractivity contribution in [2.24, 2.45) is 0 Å². The quantitative estimate of drug-likeness (QED) is 0.438. The molecule has 0 atom stereocenters. The number of benzene rings is 1. The third-order valence-electron chi connectivity index (χ3n) is 4.09. The predicted molar refractivity (Wildman–Crippen MR) is 96.8 cm³/mol. The molecule has 5 aromatic rings. The minimum atomic E-state index is 0.656. The fourth-order valence-electron chi connectivity index (χ4n) is 2.90. The van der Waals surface area contributed by atoms with E-state index < -0.39 is 0 Å². The fraction of sp³-hybridized carbons (Fsp3) is 0.111. The topological polar surface area (TPSA) is 82.8 Å². The van der Waals surface area contributed by atoms with E-state index in [1.807, 2.05) is 47.9 Å². The monoisotopic (exact) mass is 363 g/mol. The molecular formula is C18H13N5O2S. The second kappa shape index (κ2) is 5.99. The molecule has 4 aromatic heterocycles. The SMILES string of the molecule is CCn1c(Sc2ncnc3c2oc2ccccc23)nnc1-c1ccco1. The van der Waals surface area contributed by atoms with Gasteiger partial charge >= 0.3 is 0 Å². The van der Waals surface area contributed by atoms with E-state index in [4.69, 9.17) is 8.83 Å². The van der Waals surface area contributed by atoms with Gasteiger partial charge in [0.15, 0.2) is 27.4 Å². The van der Waals surface area contributed by atoms with Gasteiger partial charge in [0, 0.05) is 11.9 Å². The molecule has 0 bridgehead atoms. The van der Waals surface area contributed by atoms with Crippen LogP contribution in [0.2, 0.25) is 0 Å². The van der Waals surface area contributed by atoms with Crippen molar-refractivity contribution in [3.05, 3.63) is 49.0 Å². The summed E-state index contributed by atoms with van der Waals surface area (Å²) in [6.45, 7) is 2.75. The van der Waals surface area contributed by atoms with Crippen LogP contribution in [0.25, 0.3) is 33.7 Å². The van der Waals surface area contributed by atoms with Crippen LogP contribution in [-0.2, 0) is 6.54 Å². The summed E-state index contributed by atoms with van der Waals surface area (Å²) in [5.74, 6) is 1.37. The lowest BCUT2D eigenvalue weighted by Crippen LogP contribution is -1.99. The van der Waals surface area contributed by atoms with Crippen molar-refractivity contribution in [2.45, 2.75) is 23.7 Å². The Labute approximate surface area is 152 Å². The van der Waals surface area contributed by atoms with Crippen LogP contribution >= 0.6 is 11.8 Å². The van der Waals surface area contributed by atoms with Gasteiger partial charge in [-0.3, -0.25) is 4.57 Å². The normalized spacial score (nSPS) is 11.6. The molecule has 5 rings (SSSR count). The number of hydrogen-bond donors (Lipinski definition) is 0. The van der Waals surface area contributed by atoms with Gasteiger partial charge in [0.05, 0.1) is 6.26 Å². The van der Waals surface area contributed by atoms with Crippen molar-refractivity contribution < 1.29 is 8.83 Å². The van der Waals surface area contributed by atoms with Crippen LogP contribution in [0.3, 0.4) is 0 Å². The Hall–Kier alpha value is -3.13. The highest BCUT2D eigenvalue weighted by Gasteiger charge is 2.19. The minimum Gasteiger partial charge on any atom is -0.461 e. The van der Waals surface area contributed by atoms with E-state index in [9.17, 15) is 0 Å². The molecule has 4 heterocycles. The first kappa shape index (κ1) is 15.2. The molecule has 8 heteroatoms. The Morgan fingerprint density at radius 2 is 2.00 bits per heavy atom. The van der Waals surface area contributed by atoms with Gasteiger partial charge in [-0.25, -0.2) is 9.97 Å². The molecule has 0 aliphatic rings. The molecule has 0 aliphatic heterocycles. The fourth-order valence-corrected chi connectivity index (χ4v) is 3.81. The molecule has 128 valence electrons. The number of aromatic nitrogens is 5. The molecule has 0 saturated heterocycles. The number of hydrogen-bond acceptors (Lipinski definition) is 7. The second-order valence-corrected chi connectivity index (χ2v) is 6.54. The van der Waals surface area contributed by atoms with E-state index in [0.29, 0.717) is 28.7 Å². The maximum atomic E-state index is 5.99. The average molecular weight is 363 g/mol. The van der Waals surface area contributed by atoms with Gasteiger partial charge < -0.3 is 8.83 Å². The van der Waals surface area contributed by atoms with Gasteiger partial charge in [0.1, 0.15) is 17.4 Å². The van der Waals surface area contributed by atoms with E-state index >= 15 is 0 Å². The second-order valence-electron chi connectivity index (χ2n) is 5.58. The van der Waals surface area contributed by atoms with Crippen LogP contribution in [0.5, 0.6) is 0 Å². The molecule has 0 unspecified atom stereocenters. The van der Waals surface area contributed by atoms with Gasteiger partial charge in [-0.1, -0.05) is 12.1 Å². The molecule has 26 heavy (non-hydrogen) atoms. The summed E-state index contributed by atoms with van der Waals surface area (Å²) in [6.07, 6.45) is 3.17. The van der Waals surface area contributed by atoms with Gasteiger partial charge in [-0.15, -0.1) is 10.2 Å². The van der Waals surface area contributed by atoms with Crippen LogP contribution < -0.4 is 0 Å². The smallest absolute Gasteiger partial charge is 0.200 e. The number of furan rings is 2.